The summed E-state index contributed by atoms with van der Waals surface area (Å²) in [5.74, 6) is -0.319. The van der Waals surface area contributed by atoms with E-state index in [4.69, 9.17) is 10.5 Å². The largest absolute Gasteiger partial charge is 0.457 e. The lowest BCUT2D eigenvalue weighted by atomic mass is 10.0. The maximum Gasteiger partial charge on any atom is 0.338 e. The lowest BCUT2D eigenvalue weighted by Gasteiger charge is -2.11. The van der Waals surface area contributed by atoms with Crippen molar-refractivity contribution in [3.8, 4) is 0 Å². The molecular weight excluding hydrogens is 214 g/mol. The number of nitrogens with two attached hydrogens (primary N) is 1. The third-order valence-electron chi connectivity index (χ3n) is 2.55. The molecule has 0 bridgehead atoms. The molecule has 1 unspecified atom stereocenters. The first-order valence-corrected chi connectivity index (χ1v) is 5.61. The summed E-state index contributed by atoms with van der Waals surface area (Å²) in [7, 11) is 0. The second kappa shape index (κ2) is 5.46. The Bertz CT molecular complexity index is 449. The Labute approximate surface area is 101 Å². The maximum atomic E-state index is 11.7. The highest BCUT2D eigenvalue weighted by Gasteiger charge is 2.13. The topological polar surface area (TPSA) is 52.3 Å². The summed E-state index contributed by atoms with van der Waals surface area (Å²) < 4.78 is 5.20. The molecule has 0 saturated heterocycles. The van der Waals surface area contributed by atoms with E-state index in [9.17, 15) is 4.79 Å². The van der Waals surface area contributed by atoms with Crippen LogP contribution < -0.4 is 5.73 Å². The summed E-state index contributed by atoms with van der Waals surface area (Å²) in [6, 6.07) is 9.52. The van der Waals surface area contributed by atoms with E-state index in [1.54, 1.807) is 12.2 Å². The Morgan fingerprint density at radius 3 is 2.82 bits per heavy atom. The molecule has 3 nitrogen and oxygen atoms in total. The van der Waals surface area contributed by atoms with Crippen LogP contribution in [0.1, 0.15) is 12.0 Å². The molecule has 0 aromatic heterocycles. The van der Waals surface area contributed by atoms with E-state index in [1.165, 1.54) is 0 Å². The van der Waals surface area contributed by atoms with E-state index in [0.717, 1.165) is 12.0 Å². The zero-order valence-corrected chi connectivity index (χ0v) is 9.50. The molecule has 1 aliphatic rings. The molecule has 88 valence electrons. The van der Waals surface area contributed by atoms with Gasteiger partial charge in [-0.1, -0.05) is 48.6 Å². The lowest BCUT2D eigenvalue weighted by molar-refractivity contribution is -0.139. The summed E-state index contributed by atoms with van der Waals surface area (Å²) in [5.41, 5.74) is 7.25. The summed E-state index contributed by atoms with van der Waals surface area (Å²) in [6.07, 6.45) is 6.17. The molecule has 1 aliphatic carbocycles. The van der Waals surface area contributed by atoms with Gasteiger partial charge in [0.05, 0.1) is 5.57 Å². The molecule has 0 aliphatic heterocycles. The van der Waals surface area contributed by atoms with Gasteiger partial charge < -0.3 is 10.5 Å². The third kappa shape index (κ3) is 3.29. The van der Waals surface area contributed by atoms with Crippen molar-refractivity contribution < 1.29 is 9.53 Å². The fourth-order valence-electron chi connectivity index (χ4n) is 1.65. The van der Waals surface area contributed by atoms with Gasteiger partial charge in [0.2, 0.25) is 0 Å². The second-order valence-corrected chi connectivity index (χ2v) is 3.99. The van der Waals surface area contributed by atoms with Gasteiger partial charge in [-0.25, -0.2) is 4.79 Å². The van der Waals surface area contributed by atoms with E-state index < -0.39 is 0 Å². The number of benzene rings is 1. The molecule has 0 amide bonds. The number of ether oxygens (including phenoxy) is 1. The van der Waals surface area contributed by atoms with Crippen molar-refractivity contribution >= 4 is 5.97 Å². The second-order valence-electron chi connectivity index (χ2n) is 3.99. The van der Waals surface area contributed by atoms with E-state index in [2.05, 4.69) is 0 Å². The lowest BCUT2D eigenvalue weighted by Crippen LogP contribution is -2.20. The highest BCUT2D eigenvalue weighted by molar-refractivity contribution is 5.91. The van der Waals surface area contributed by atoms with E-state index in [1.807, 2.05) is 36.4 Å². The van der Waals surface area contributed by atoms with Gasteiger partial charge in [0.1, 0.15) is 6.61 Å². The molecule has 0 radical (unpaired) electrons. The molecule has 17 heavy (non-hydrogen) atoms. The van der Waals surface area contributed by atoms with Crippen molar-refractivity contribution in [2.45, 2.75) is 19.1 Å². The average molecular weight is 229 g/mol. The number of esters is 1. The molecule has 0 saturated carbocycles. The summed E-state index contributed by atoms with van der Waals surface area (Å²) in [4.78, 5) is 11.7. The SMILES string of the molecule is NC1C=C(C(=O)OCc2ccccc2)C=CC1. The van der Waals surface area contributed by atoms with Gasteiger partial charge in [-0.3, -0.25) is 0 Å². The van der Waals surface area contributed by atoms with Crippen LogP contribution in [0.3, 0.4) is 0 Å². The van der Waals surface area contributed by atoms with E-state index in [0.29, 0.717) is 12.2 Å². The smallest absolute Gasteiger partial charge is 0.338 e. The first kappa shape index (κ1) is 11.6. The highest BCUT2D eigenvalue weighted by atomic mass is 16.5. The first-order chi connectivity index (χ1) is 8.25. The van der Waals surface area contributed by atoms with Crippen LogP contribution >= 0.6 is 0 Å². The molecule has 0 fully saturated rings. The zero-order valence-electron chi connectivity index (χ0n) is 9.50. The molecule has 1 aromatic carbocycles. The summed E-state index contributed by atoms with van der Waals surface area (Å²) in [6.45, 7) is 0.292. The molecule has 3 heteroatoms. The number of carbonyl (C=O) groups excluding carboxylic acids is 1. The first-order valence-electron chi connectivity index (χ1n) is 5.61. The summed E-state index contributed by atoms with van der Waals surface area (Å²) >= 11 is 0. The predicted octanol–water partition coefficient (Wildman–Crippen LogP) is 1.94. The quantitative estimate of drug-likeness (QED) is 0.806. The minimum Gasteiger partial charge on any atom is -0.457 e. The van der Waals surface area contributed by atoms with Gasteiger partial charge in [0, 0.05) is 6.04 Å². The standard InChI is InChI=1S/C14H15NO2/c15-13-8-4-7-12(9-13)14(16)17-10-11-5-2-1-3-6-11/h1-7,9,13H,8,10,15H2. The molecular formula is C14H15NO2. The Kier molecular flexibility index (Phi) is 3.73. The third-order valence-corrected chi connectivity index (χ3v) is 2.55. The minimum absolute atomic E-state index is 0.0840. The number of carbonyl (C=O) groups is 1. The van der Waals surface area contributed by atoms with Gasteiger partial charge >= 0.3 is 5.97 Å². The Hall–Kier alpha value is -1.87. The molecule has 0 spiro atoms. The molecule has 2 N–H and O–H groups in total. The predicted molar refractivity (Wildman–Crippen MR) is 66.1 cm³/mol. The molecule has 1 aromatic rings. The van der Waals surface area contributed by atoms with Crippen LogP contribution in [0, 0.1) is 0 Å². The number of rotatable bonds is 3. The van der Waals surface area contributed by atoms with Gasteiger partial charge in [0.25, 0.3) is 0 Å². The van der Waals surface area contributed by atoms with Gasteiger partial charge in [-0.2, -0.15) is 0 Å². The van der Waals surface area contributed by atoms with Crippen LogP contribution in [0.25, 0.3) is 0 Å². The van der Waals surface area contributed by atoms with E-state index >= 15 is 0 Å². The van der Waals surface area contributed by atoms with Crippen molar-refractivity contribution in [1.29, 1.82) is 0 Å². The fourth-order valence-corrected chi connectivity index (χ4v) is 1.65. The highest BCUT2D eigenvalue weighted by Crippen LogP contribution is 2.12. The van der Waals surface area contributed by atoms with Crippen molar-refractivity contribution in [3.63, 3.8) is 0 Å². The average Bonchev–Trinajstić information content (AvgIpc) is 2.37. The fraction of sp³-hybridized carbons (Fsp3) is 0.214. The van der Waals surface area contributed by atoms with Crippen LogP contribution in [-0.2, 0) is 16.1 Å². The van der Waals surface area contributed by atoms with Crippen LogP contribution in [0.5, 0.6) is 0 Å². The van der Waals surface area contributed by atoms with Gasteiger partial charge in [-0.15, -0.1) is 0 Å². The molecule has 1 atom stereocenters. The van der Waals surface area contributed by atoms with Crippen molar-refractivity contribution in [2.75, 3.05) is 0 Å². The zero-order chi connectivity index (χ0) is 12.1. The Balaban J connectivity index is 1.92. The maximum absolute atomic E-state index is 11.7. The van der Waals surface area contributed by atoms with Crippen LogP contribution in [0.2, 0.25) is 0 Å². The van der Waals surface area contributed by atoms with Crippen LogP contribution in [0.15, 0.2) is 54.1 Å². The van der Waals surface area contributed by atoms with Crippen molar-refractivity contribution in [2.24, 2.45) is 5.73 Å². The summed E-state index contributed by atoms with van der Waals surface area (Å²) in [5, 5.41) is 0. The Morgan fingerprint density at radius 1 is 1.35 bits per heavy atom. The molecule has 2 rings (SSSR count). The molecule has 0 heterocycles. The van der Waals surface area contributed by atoms with Gasteiger partial charge in [0.15, 0.2) is 0 Å². The minimum atomic E-state index is -0.319. The normalized spacial score (nSPS) is 18.6. The number of hydrogen-bond acceptors (Lipinski definition) is 3. The van der Waals surface area contributed by atoms with Crippen LogP contribution in [0.4, 0.5) is 0 Å². The van der Waals surface area contributed by atoms with Gasteiger partial charge in [-0.05, 0) is 12.0 Å². The number of hydrogen-bond donors (Lipinski definition) is 1. The van der Waals surface area contributed by atoms with Crippen molar-refractivity contribution in [3.05, 3.63) is 59.7 Å². The van der Waals surface area contributed by atoms with Crippen LogP contribution in [-0.4, -0.2) is 12.0 Å². The Morgan fingerprint density at radius 2 is 2.12 bits per heavy atom. The van der Waals surface area contributed by atoms with E-state index in [-0.39, 0.29) is 12.0 Å². The monoisotopic (exact) mass is 229 g/mol. The van der Waals surface area contributed by atoms with Crippen molar-refractivity contribution in [1.82, 2.24) is 0 Å².